The van der Waals surface area contributed by atoms with E-state index in [0.29, 0.717) is 11.7 Å². The fourth-order valence-electron chi connectivity index (χ4n) is 2.75. The standard InChI is InChI=1S/C15H22N2O/c1-2-17(14-6-4-3-5-7-14)15(18)12-8-10-13(16)11-9-12/h8-11,14H,2-7,16H2,1H3. The third-order valence-corrected chi connectivity index (χ3v) is 3.77. The molecule has 0 aliphatic heterocycles. The van der Waals surface area contributed by atoms with Crippen LogP contribution < -0.4 is 5.73 Å². The molecule has 1 aliphatic rings. The van der Waals surface area contributed by atoms with Gasteiger partial charge in [0, 0.05) is 23.8 Å². The van der Waals surface area contributed by atoms with Crippen LogP contribution in [0.3, 0.4) is 0 Å². The molecule has 18 heavy (non-hydrogen) atoms. The van der Waals surface area contributed by atoms with Crippen molar-refractivity contribution in [3.05, 3.63) is 29.8 Å². The molecule has 1 amide bonds. The molecule has 98 valence electrons. The van der Waals surface area contributed by atoms with Gasteiger partial charge in [0.25, 0.3) is 5.91 Å². The molecule has 0 spiro atoms. The number of benzene rings is 1. The maximum absolute atomic E-state index is 12.5. The van der Waals surface area contributed by atoms with Gasteiger partial charge in [0.1, 0.15) is 0 Å². The van der Waals surface area contributed by atoms with Gasteiger partial charge in [-0.3, -0.25) is 4.79 Å². The molecule has 1 aliphatic carbocycles. The van der Waals surface area contributed by atoms with Gasteiger partial charge in [0.05, 0.1) is 0 Å². The topological polar surface area (TPSA) is 46.3 Å². The number of hydrogen-bond acceptors (Lipinski definition) is 2. The van der Waals surface area contributed by atoms with Crippen molar-refractivity contribution in [2.75, 3.05) is 12.3 Å². The molecule has 0 saturated heterocycles. The molecule has 0 bridgehead atoms. The Hall–Kier alpha value is -1.51. The molecule has 0 aromatic heterocycles. The second-order valence-electron chi connectivity index (χ2n) is 5.01. The number of nitrogens with zero attached hydrogens (tertiary/aromatic N) is 1. The number of hydrogen-bond donors (Lipinski definition) is 1. The molecular weight excluding hydrogens is 224 g/mol. The average molecular weight is 246 g/mol. The first kappa shape index (κ1) is 12.9. The summed E-state index contributed by atoms with van der Waals surface area (Å²) in [4.78, 5) is 14.5. The Morgan fingerprint density at radius 2 is 1.83 bits per heavy atom. The molecule has 3 heteroatoms. The Bertz CT molecular complexity index is 393. The van der Waals surface area contributed by atoms with Crippen molar-refractivity contribution >= 4 is 11.6 Å². The second-order valence-corrected chi connectivity index (χ2v) is 5.01. The van der Waals surface area contributed by atoms with Crippen molar-refractivity contribution in [2.24, 2.45) is 0 Å². The fourth-order valence-corrected chi connectivity index (χ4v) is 2.75. The molecule has 0 heterocycles. The van der Waals surface area contributed by atoms with Crippen LogP contribution >= 0.6 is 0 Å². The highest BCUT2D eigenvalue weighted by Gasteiger charge is 2.24. The zero-order valence-corrected chi connectivity index (χ0v) is 11.1. The van der Waals surface area contributed by atoms with E-state index in [-0.39, 0.29) is 5.91 Å². The predicted molar refractivity (Wildman–Crippen MR) is 74.4 cm³/mol. The number of rotatable bonds is 3. The quantitative estimate of drug-likeness (QED) is 0.833. The molecule has 0 atom stereocenters. The van der Waals surface area contributed by atoms with Crippen molar-refractivity contribution in [1.29, 1.82) is 0 Å². The lowest BCUT2D eigenvalue weighted by atomic mass is 9.93. The van der Waals surface area contributed by atoms with Gasteiger partial charge >= 0.3 is 0 Å². The largest absolute Gasteiger partial charge is 0.399 e. The number of carbonyl (C=O) groups excluding carboxylic acids is 1. The highest BCUT2D eigenvalue weighted by molar-refractivity contribution is 5.94. The molecule has 1 aromatic carbocycles. The van der Waals surface area contributed by atoms with Crippen molar-refractivity contribution < 1.29 is 4.79 Å². The minimum atomic E-state index is 0.143. The Balaban J connectivity index is 2.11. The van der Waals surface area contributed by atoms with Crippen LogP contribution in [0.1, 0.15) is 49.4 Å². The third-order valence-electron chi connectivity index (χ3n) is 3.77. The number of nitrogens with two attached hydrogens (primary N) is 1. The van der Waals surface area contributed by atoms with E-state index in [1.54, 1.807) is 12.1 Å². The van der Waals surface area contributed by atoms with Gasteiger partial charge < -0.3 is 10.6 Å². The molecule has 0 radical (unpaired) electrons. The maximum atomic E-state index is 12.5. The van der Waals surface area contributed by atoms with Gasteiger partial charge in [-0.2, -0.15) is 0 Å². The highest BCUT2D eigenvalue weighted by atomic mass is 16.2. The minimum Gasteiger partial charge on any atom is -0.399 e. The van der Waals surface area contributed by atoms with Crippen LogP contribution in [0.15, 0.2) is 24.3 Å². The van der Waals surface area contributed by atoms with Crippen LogP contribution in [0, 0.1) is 0 Å². The maximum Gasteiger partial charge on any atom is 0.254 e. The Labute approximate surface area is 109 Å². The first-order chi connectivity index (χ1) is 8.72. The predicted octanol–water partition coefficient (Wildman–Crippen LogP) is 3.06. The summed E-state index contributed by atoms with van der Waals surface area (Å²) in [6, 6.07) is 7.66. The third kappa shape index (κ3) is 2.84. The zero-order chi connectivity index (χ0) is 13.0. The molecule has 0 unspecified atom stereocenters. The van der Waals surface area contributed by atoms with Gasteiger partial charge in [0.2, 0.25) is 0 Å². The lowest BCUT2D eigenvalue weighted by Crippen LogP contribution is -2.41. The summed E-state index contributed by atoms with van der Waals surface area (Å²) in [7, 11) is 0. The Kier molecular flexibility index (Phi) is 4.24. The molecule has 2 N–H and O–H groups in total. The fraction of sp³-hybridized carbons (Fsp3) is 0.533. The Morgan fingerprint density at radius 3 is 2.39 bits per heavy atom. The van der Waals surface area contributed by atoms with Gasteiger partial charge in [-0.25, -0.2) is 0 Å². The molecule has 1 saturated carbocycles. The van der Waals surface area contributed by atoms with Crippen LogP contribution in [0.5, 0.6) is 0 Å². The van der Waals surface area contributed by atoms with Crippen LogP contribution in [-0.2, 0) is 0 Å². The number of amides is 1. The van der Waals surface area contributed by atoms with E-state index in [1.807, 2.05) is 17.0 Å². The lowest BCUT2D eigenvalue weighted by Gasteiger charge is -2.33. The minimum absolute atomic E-state index is 0.143. The average Bonchev–Trinajstić information content (AvgIpc) is 2.41. The molecule has 1 aromatic rings. The first-order valence-electron chi connectivity index (χ1n) is 6.89. The van der Waals surface area contributed by atoms with Gasteiger partial charge in [-0.1, -0.05) is 19.3 Å². The summed E-state index contributed by atoms with van der Waals surface area (Å²) in [5.74, 6) is 0.143. The SMILES string of the molecule is CCN(C(=O)c1ccc(N)cc1)C1CCCCC1. The van der Waals surface area contributed by atoms with E-state index >= 15 is 0 Å². The summed E-state index contributed by atoms with van der Waals surface area (Å²) in [5, 5.41) is 0. The Morgan fingerprint density at radius 1 is 1.22 bits per heavy atom. The van der Waals surface area contributed by atoms with Gasteiger partial charge in [-0.15, -0.1) is 0 Å². The van der Waals surface area contributed by atoms with E-state index in [4.69, 9.17) is 5.73 Å². The number of carbonyl (C=O) groups is 1. The van der Waals surface area contributed by atoms with Crippen molar-refractivity contribution in [3.63, 3.8) is 0 Å². The monoisotopic (exact) mass is 246 g/mol. The highest BCUT2D eigenvalue weighted by Crippen LogP contribution is 2.24. The van der Waals surface area contributed by atoms with Crippen molar-refractivity contribution in [1.82, 2.24) is 4.90 Å². The van der Waals surface area contributed by atoms with E-state index in [1.165, 1.54) is 19.3 Å². The van der Waals surface area contributed by atoms with E-state index in [0.717, 1.165) is 24.9 Å². The van der Waals surface area contributed by atoms with Crippen LogP contribution in [0.2, 0.25) is 0 Å². The summed E-state index contributed by atoms with van der Waals surface area (Å²) in [5.41, 5.74) is 7.10. The molecule has 1 fully saturated rings. The molecule has 2 rings (SSSR count). The molecular formula is C15H22N2O. The van der Waals surface area contributed by atoms with E-state index in [2.05, 4.69) is 6.92 Å². The summed E-state index contributed by atoms with van der Waals surface area (Å²) in [6.07, 6.45) is 6.10. The molecule has 3 nitrogen and oxygen atoms in total. The summed E-state index contributed by atoms with van der Waals surface area (Å²) < 4.78 is 0. The summed E-state index contributed by atoms with van der Waals surface area (Å²) >= 11 is 0. The van der Waals surface area contributed by atoms with Gasteiger partial charge in [-0.05, 0) is 44.0 Å². The number of nitrogen functional groups attached to an aromatic ring is 1. The second kappa shape index (κ2) is 5.89. The summed E-state index contributed by atoms with van der Waals surface area (Å²) in [6.45, 7) is 2.84. The van der Waals surface area contributed by atoms with Crippen molar-refractivity contribution in [3.8, 4) is 0 Å². The lowest BCUT2D eigenvalue weighted by molar-refractivity contribution is 0.0648. The normalized spacial score (nSPS) is 16.5. The van der Waals surface area contributed by atoms with Gasteiger partial charge in [0.15, 0.2) is 0 Å². The van der Waals surface area contributed by atoms with E-state index in [9.17, 15) is 4.79 Å². The van der Waals surface area contributed by atoms with Crippen LogP contribution in [-0.4, -0.2) is 23.4 Å². The first-order valence-corrected chi connectivity index (χ1v) is 6.89. The number of anilines is 1. The zero-order valence-electron chi connectivity index (χ0n) is 11.1. The van der Waals surface area contributed by atoms with E-state index < -0.39 is 0 Å². The van der Waals surface area contributed by atoms with Crippen molar-refractivity contribution in [2.45, 2.75) is 45.1 Å². The smallest absolute Gasteiger partial charge is 0.254 e. The van der Waals surface area contributed by atoms with Crippen LogP contribution in [0.4, 0.5) is 5.69 Å². The van der Waals surface area contributed by atoms with Crippen LogP contribution in [0.25, 0.3) is 0 Å².